The molecule has 0 atom stereocenters. The number of ether oxygens (including phenoxy) is 1. The molecule has 3 aliphatic rings. The van der Waals surface area contributed by atoms with Gasteiger partial charge in [0, 0.05) is 30.5 Å². The van der Waals surface area contributed by atoms with Crippen molar-refractivity contribution in [2.24, 2.45) is 11.3 Å². The van der Waals surface area contributed by atoms with Crippen molar-refractivity contribution in [2.75, 3.05) is 13.1 Å². The zero-order valence-corrected chi connectivity index (χ0v) is 15.3. The van der Waals surface area contributed by atoms with Gasteiger partial charge in [-0.1, -0.05) is 0 Å². The summed E-state index contributed by atoms with van der Waals surface area (Å²) in [5, 5.41) is 9.77. The van der Waals surface area contributed by atoms with Gasteiger partial charge in [-0.2, -0.15) is 13.2 Å². The number of carbonyl (C=O) groups excluding carboxylic acids is 1. The smallest absolute Gasteiger partial charge is 0.418 e. The number of likely N-dealkylation sites (tertiary alicyclic amines) is 1. The first kappa shape index (κ1) is 18.5. The van der Waals surface area contributed by atoms with Gasteiger partial charge in [0.05, 0.1) is 16.9 Å². The fourth-order valence-electron chi connectivity index (χ4n) is 4.68. The van der Waals surface area contributed by atoms with Crippen molar-refractivity contribution >= 4 is 5.91 Å². The maximum Gasteiger partial charge on any atom is 0.418 e. The van der Waals surface area contributed by atoms with E-state index in [1.807, 2.05) is 4.90 Å². The van der Waals surface area contributed by atoms with Crippen LogP contribution in [0.2, 0.25) is 0 Å². The normalized spacial score (nSPS) is 29.7. The summed E-state index contributed by atoms with van der Waals surface area (Å²) in [6.07, 6.45) is -1.87. The predicted molar refractivity (Wildman–Crippen MR) is 90.0 cm³/mol. The van der Waals surface area contributed by atoms with Crippen LogP contribution in [0, 0.1) is 18.3 Å². The van der Waals surface area contributed by atoms with Crippen molar-refractivity contribution in [3.05, 3.63) is 23.4 Å². The third-order valence-electron chi connectivity index (χ3n) is 6.06. The van der Waals surface area contributed by atoms with Gasteiger partial charge in [-0.3, -0.25) is 4.79 Å². The first-order valence-corrected chi connectivity index (χ1v) is 9.19. The number of pyridine rings is 1. The lowest BCUT2D eigenvalue weighted by Crippen LogP contribution is -2.67. The standard InChI is InChI=1S/C19H23F3N2O3/c1-11-14(19(20,21)22)3-4-15(23-11)27-13-7-18(8-13)9-24(10-18)16(25)12-5-17(2,26)6-12/h3-4,12-13,26H,5-10H2,1-2H3. The topological polar surface area (TPSA) is 62.7 Å². The molecule has 0 bridgehead atoms. The van der Waals surface area contributed by atoms with Crippen molar-refractivity contribution in [2.45, 2.75) is 57.4 Å². The summed E-state index contributed by atoms with van der Waals surface area (Å²) in [5.41, 5.74) is -1.47. The van der Waals surface area contributed by atoms with Crippen LogP contribution in [0.25, 0.3) is 0 Å². The second-order valence-electron chi connectivity index (χ2n) is 8.72. The van der Waals surface area contributed by atoms with Crippen LogP contribution in [0.5, 0.6) is 5.88 Å². The molecule has 8 heteroatoms. The van der Waals surface area contributed by atoms with E-state index in [9.17, 15) is 23.1 Å². The Kier molecular flexibility index (Phi) is 4.00. The first-order chi connectivity index (χ1) is 12.5. The van der Waals surface area contributed by atoms with E-state index >= 15 is 0 Å². The molecule has 5 nitrogen and oxygen atoms in total. The predicted octanol–water partition coefficient (Wildman–Crippen LogP) is 2.94. The molecule has 0 unspecified atom stereocenters. The summed E-state index contributed by atoms with van der Waals surface area (Å²) in [4.78, 5) is 18.1. The first-order valence-electron chi connectivity index (χ1n) is 9.19. The molecule has 0 aromatic carbocycles. The van der Waals surface area contributed by atoms with Crippen LogP contribution in [-0.2, 0) is 11.0 Å². The molecule has 2 aliphatic carbocycles. The van der Waals surface area contributed by atoms with Gasteiger partial charge in [0.25, 0.3) is 0 Å². The number of carbonyl (C=O) groups is 1. The summed E-state index contributed by atoms with van der Waals surface area (Å²) in [6.45, 7) is 4.47. The number of aromatic nitrogens is 1. The number of hydrogen-bond acceptors (Lipinski definition) is 4. The van der Waals surface area contributed by atoms with E-state index in [0.717, 1.165) is 18.9 Å². The van der Waals surface area contributed by atoms with Gasteiger partial charge in [-0.15, -0.1) is 0 Å². The SMILES string of the molecule is Cc1nc(OC2CC3(C2)CN(C(=O)C2CC(C)(O)C2)C3)ccc1C(F)(F)F. The van der Waals surface area contributed by atoms with Crippen molar-refractivity contribution in [1.82, 2.24) is 9.88 Å². The van der Waals surface area contributed by atoms with Gasteiger partial charge in [0.15, 0.2) is 0 Å². The number of aliphatic hydroxyl groups is 1. The average Bonchev–Trinajstić information content (AvgIpc) is 2.43. The van der Waals surface area contributed by atoms with Gasteiger partial charge in [-0.25, -0.2) is 4.98 Å². The molecule has 4 rings (SSSR count). The van der Waals surface area contributed by atoms with E-state index < -0.39 is 17.3 Å². The molecular formula is C19H23F3N2O3. The van der Waals surface area contributed by atoms with Crippen LogP contribution >= 0.6 is 0 Å². The monoisotopic (exact) mass is 384 g/mol. The largest absolute Gasteiger partial charge is 0.474 e. The van der Waals surface area contributed by atoms with E-state index in [0.29, 0.717) is 25.9 Å². The number of rotatable bonds is 3. The Balaban J connectivity index is 1.25. The molecule has 1 aliphatic heterocycles. The van der Waals surface area contributed by atoms with Crippen LogP contribution in [0.1, 0.15) is 43.9 Å². The van der Waals surface area contributed by atoms with E-state index in [4.69, 9.17) is 4.74 Å². The molecule has 1 amide bonds. The molecule has 3 fully saturated rings. The average molecular weight is 384 g/mol. The Labute approximate surface area is 155 Å². The molecule has 1 N–H and O–H groups in total. The Morgan fingerprint density at radius 2 is 1.89 bits per heavy atom. The zero-order chi connectivity index (χ0) is 19.6. The van der Waals surface area contributed by atoms with Crippen molar-refractivity contribution in [3.8, 4) is 5.88 Å². The molecule has 2 saturated carbocycles. The van der Waals surface area contributed by atoms with E-state index in [1.165, 1.54) is 13.0 Å². The number of nitrogens with zero attached hydrogens (tertiary/aromatic N) is 2. The minimum absolute atomic E-state index is 0.0659. The molecule has 1 spiro atoms. The summed E-state index contributed by atoms with van der Waals surface area (Å²) in [6, 6.07) is 2.27. The molecule has 0 radical (unpaired) electrons. The molecule has 2 heterocycles. The Morgan fingerprint density at radius 3 is 2.41 bits per heavy atom. The van der Waals surface area contributed by atoms with Crippen molar-refractivity contribution in [3.63, 3.8) is 0 Å². The summed E-state index contributed by atoms with van der Waals surface area (Å²) >= 11 is 0. The molecule has 27 heavy (non-hydrogen) atoms. The van der Waals surface area contributed by atoms with Crippen LogP contribution < -0.4 is 4.74 Å². The maximum absolute atomic E-state index is 12.8. The summed E-state index contributed by atoms with van der Waals surface area (Å²) in [7, 11) is 0. The lowest BCUT2D eigenvalue weighted by Gasteiger charge is -2.59. The third-order valence-corrected chi connectivity index (χ3v) is 6.06. The van der Waals surface area contributed by atoms with Gasteiger partial charge < -0.3 is 14.7 Å². The maximum atomic E-state index is 12.8. The highest BCUT2D eigenvalue weighted by molar-refractivity contribution is 5.81. The Morgan fingerprint density at radius 1 is 1.26 bits per heavy atom. The quantitative estimate of drug-likeness (QED) is 0.871. The Bertz CT molecular complexity index is 756. The molecule has 148 valence electrons. The van der Waals surface area contributed by atoms with Gasteiger partial charge in [0.2, 0.25) is 11.8 Å². The highest BCUT2D eigenvalue weighted by Gasteiger charge is 2.56. The number of halogens is 3. The highest BCUT2D eigenvalue weighted by atomic mass is 19.4. The fraction of sp³-hybridized carbons (Fsp3) is 0.684. The van der Waals surface area contributed by atoms with E-state index in [1.54, 1.807) is 6.92 Å². The van der Waals surface area contributed by atoms with Crippen LogP contribution in [-0.4, -0.2) is 45.7 Å². The van der Waals surface area contributed by atoms with Crippen LogP contribution in [0.3, 0.4) is 0 Å². The second kappa shape index (κ2) is 5.83. The zero-order valence-electron chi connectivity index (χ0n) is 15.3. The second-order valence-corrected chi connectivity index (χ2v) is 8.72. The van der Waals surface area contributed by atoms with Gasteiger partial charge in [0.1, 0.15) is 6.10 Å². The summed E-state index contributed by atoms with van der Waals surface area (Å²) in [5.74, 6) is 0.268. The van der Waals surface area contributed by atoms with E-state index in [2.05, 4.69) is 4.98 Å². The number of hydrogen-bond donors (Lipinski definition) is 1. The van der Waals surface area contributed by atoms with Crippen LogP contribution in [0.4, 0.5) is 13.2 Å². The molecule has 1 saturated heterocycles. The number of aryl methyl sites for hydroxylation is 1. The van der Waals surface area contributed by atoms with Crippen molar-refractivity contribution < 1.29 is 27.8 Å². The molecule has 1 aromatic heterocycles. The lowest BCUT2D eigenvalue weighted by atomic mass is 9.61. The van der Waals surface area contributed by atoms with E-state index in [-0.39, 0.29) is 34.9 Å². The number of alkyl halides is 3. The molecule has 1 aromatic rings. The third kappa shape index (κ3) is 3.39. The van der Waals surface area contributed by atoms with Gasteiger partial charge >= 0.3 is 6.18 Å². The number of amides is 1. The molecular weight excluding hydrogens is 361 g/mol. The van der Waals surface area contributed by atoms with Crippen molar-refractivity contribution in [1.29, 1.82) is 0 Å². The fourth-order valence-corrected chi connectivity index (χ4v) is 4.68. The lowest BCUT2D eigenvalue weighted by molar-refractivity contribution is -0.175. The highest BCUT2D eigenvalue weighted by Crippen LogP contribution is 2.51. The Hall–Kier alpha value is -1.83. The minimum Gasteiger partial charge on any atom is -0.474 e. The van der Waals surface area contributed by atoms with Gasteiger partial charge in [-0.05, 0) is 45.6 Å². The minimum atomic E-state index is -4.41. The van der Waals surface area contributed by atoms with Crippen LogP contribution in [0.15, 0.2) is 12.1 Å². The summed E-state index contributed by atoms with van der Waals surface area (Å²) < 4.78 is 44.1.